The van der Waals surface area contributed by atoms with Gasteiger partial charge in [0.15, 0.2) is 0 Å². The van der Waals surface area contributed by atoms with E-state index in [1.807, 2.05) is 18.2 Å². The SMILES string of the molecule is O=C(O)CCc1cccc(C(=O)N2CCc3c(Cl)cc(N4CCCC4)cc32)c1. The van der Waals surface area contributed by atoms with Gasteiger partial charge in [0, 0.05) is 42.3 Å². The zero-order valence-corrected chi connectivity index (χ0v) is 16.4. The summed E-state index contributed by atoms with van der Waals surface area (Å²) < 4.78 is 0. The largest absolute Gasteiger partial charge is 0.481 e. The van der Waals surface area contributed by atoms with Crippen LogP contribution in [0.5, 0.6) is 0 Å². The highest BCUT2D eigenvalue weighted by Crippen LogP contribution is 2.39. The molecule has 0 saturated carbocycles. The van der Waals surface area contributed by atoms with Crippen LogP contribution in [0.2, 0.25) is 5.02 Å². The average molecular weight is 399 g/mol. The number of carbonyl (C=O) groups is 2. The molecule has 2 aromatic carbocycles. The maximum absolute atomic E-state index is 13.2. The Morgan fingerprint density at radius 3 is 2.61 bits per heavy atom. The molecule has 0 radical (unpaired) electrons. The zero-order valence-electron chi connectivity index (χ0n) is 15.7. The Balaban J connectivity index is 1.61. The highest BCUT2D eigenvalue weighted by atomic mass is 35.5. The Bertz CT molecular complexity index is 922. The standard InChI is InChI=1S/C22H23ClN2O3/c23-19-13-17(24-9-1-2-10-24)14-20-18(19)8-11-25(20)22(28)16-5-3-4-15(12-16)6-7-21(26)27/h3-5,12-14H,1-2,6-11H2,(H,26,27). The summed E-state index contributed by atoms with van der Waals surface area (Å²) in [4.78, 5) is 28.1. The third-order valence-corrected chi connectivity index (χ3v) is 5.89. The summed E-state index contributed by atoms with van der Waals surface area (Å²) >= 11 is 6.55. The number of aliphatic carboxylic acids is 1. The summed E-state index contributed by atoms with van der Waals surface area (Å²) in [5.41, 5.74) is 4.45. The van der Waals surface area contributed by atoms with Gasteiger partial charge in [-0.3, -0.25) is 9.59 Å². The van der Waals surface area contributed by atoms with E-state index in [0.29, 0.717) is 18.5 Å². The number of hydrogen-bond acceptors (Lipinski definition) is 3. The lowest BCUT2D eigenvalue weighted by atomic mass is 10.1. The summed E-state index contributed by atoms with van der Waals surface area (Å²) in [6.45, 7) is 2.65. The zero-order chi connectivity index (χ0) is 19.7. The maximum atomic E-state index is 13.2. The number of hydrogen-bond donors (Lipinski definition) is 1. The molecule has 1 saturated heterocycles. The highest BCUT2D eigenvalue weighted by Gasteiger charge is 2.29. The number of rotatable bonds is 5. The third kappa shape index (κ3) is 3.72. The molecule has 1 N–H and O–H groups in total. The van der Waals surface area contributed by atoms with Crippen molar-refractivity contribution in [3.05, 3.63) is 58.1 Å². The van der Waals surface area contributed by atoms with Crippen molar-refractivity contribution in [1.82, 2.24) is 0 Å². The molecule has 0 aromatic heterocycles. The molecule has 2 heterocycles. The lowest BCUT2D eigenvalue weighted by molar-refractivity contribution is -0.136. The smallest absolute Gasteiger partial charge is 0.303 e. The van der Waals surface area contributed by atoms with Gasteiger partial charge in [0.2, 0.25) is 0 Å². The Morgan fingerprint density at radius 1 is 1.07 bits per heavy atom. The fourth-order valence-corrected chi connectivity index (χ4v) is 4.38. The molecule has 0 bridgehead atoms. The Hall–Kier alpha value is -2.53. The van der Waals surface area contributed by atoms with Gasteiger partial charge in [-0.2, -0.15) is 0 Å². The number of carbonyl (C=O) groups excluding carboxylic acids is 1. The van der Waals surface area contributed by atoms with Crippen molar-refractivity contribution < 1.29 is 14.7 Å². The fourth-order valence-electron chi connectivity index (χ4n) is 4.08. The van der Waals surface area contributed by atoms with Crippen molar-refractivity contribution in [3.8, 4) is 0 Å². The van der Waals surface area contributed by atoms with Crippen molar-refractivity contribution in [1.29, 1.82) is 0 Å². The van der Waals surface area contributed by atoms with E-state index < -0.39 is 5.97 Å². The maximum Gasteiger partial charge on any atom is 0.303 e. The quantitative estimate of drug-likeness (QED) is 0.821. The number of carboxylic acid groups (broad SMARTS) is 1. The minimum absolute atomic E-state index is 0.0546. The number of carboxylic acids is 1. The van der Waals surface area contributed by atoms with Gasteiger partial charge in [-0.1, -0.05) is 23.7 Å². The first-order valence-corrected chi connectivity index (χ1v) is 10.1. The molecule has 5 nitrogen and oxygen atoms in total. The van der Waals surface area contributed by atoms with E-state index in [4.69, 9.17) is 16.7 Å². The van der Waals surface area contributed by atoms with Crippen molar-refractivity contribution >= 4 is 34.9 Å². The molecular formula is C22H23ClN2O3. The lowest BCUT2D eigenvalue weighted by Crippen LogP contribution is -2.29. The van der Waals surface area contributed by atoms with Crippen LogP contribution in [0, 0.1) is 0 Å². The predicted octanol–water partition coefficient (Wildman–Crippen LogP) is 4.16. The molecule has 0 atom stereocenters. The van der Waals surface area contributed by atoms with Gasteiger partial charge >= 0.3 is 5.97 Å². The van der Waals surface area contributed by atoms with Crippen LogP contribution in [0.3, 0.4) is 0 Å². The van der Waals surface area contributed by atoms with Crippen LogP contribution in [0.25, 0.3) is 0 Å². The normalized spacial score (nSPS) is 15.8. The minimum Gasteiger partial charge on any atom is -0.481 e. The van der Waals surface area contributed by atoms with E-state index in [2.05, 4.69) is 11.0 Å². The van der Waals surface area contributed by atoms with Crippen molar-refractivity contribution in [2.75, 3.05) is 29.4 Å². The van der Waals surface area contributed by atoms with E-state index >= 15 is 0 Å². The highest BCUT2D eigenvalue weighted by molar-refractivity contribution is 6.32. The third-order valence-electron chi connectivity index (χ3n) is 5.55. The van der Waals surface area contributed by atoms with Crippen LogP contribution in [-0.2, 0) is 17.6 Å². The average Bonchev–Trinajstić information content (AvgIpc) is 3.36. The summed E-state index contributed by atoms with van der Waals surface area (Å²) in [6.07, 6.45) is 3.58. The first-order valence-electron chi connectivity index (χ1n) is 9.73. The summed E-state index contributed by atoms with van der Waals surface area (Å²) in [5.74, 6) is -0.903. The Morgan fingerprint density at radius 2 is 1.86 bits per heavy atom. The second-order valence-electron chi connectivity index (χ2n) is 7.42. The van der Waals surface area contributed by atoms with Crippen LogP contribution in [0.4, 0.5) is 11.4 Å². The number of aryl methyl sites for hydroxylation is 1. The number of anilines is 2. The molecule has 2 aliphatic heterocycles. The Kier molecular flexibility index (Phi) is 5.27. The van der Waals surface area contributed by atoms with Crippen molar-refractivity contribution in [2.45, 2.75) is 32.1 Å². The molecule has 1 amide bonds. The van der Waals surface area contributed by atoms with Gasteiger partial charge < -0.3 is 14.9 Å². The van der Waals surface area contributed by atoms with Crippen LogP contribution in [0.1, 0.15) is 40.7 Å². The van der Waals surface area contributed by atoms with E-state index in [1.54, 1.807) is 17.0 Å². The molecule has 1 fully saturated rings. The van der Waals surface area contributed by atoms with Crippen LogP contribution < -0.4 is 9.80 Å². The number of fused-ring (bicyclic) bond motifs is 1. The lowest BCUT2D eigenvalue weighted by Gasteiger charge is -2.22. The molecule has 2 aliphatic rings. The van der Waals surface area contributed by atoms with Crippen LogP contribution in [0.15, 0.2) is 36.4 Å². The minimum atomic E-state index is -0.839. The molecule has 0 unspecified atom stereocenters. The topological polar surface area (TPSA) is 60.9 Å². The van der Waals surface area contributed by atoms with E-state index in [1.165, 1.54) is 12.8 Å². The number of nitrogens with zero attached hydrogens (tertiary/aromatic N) is 2. The van der Waals surface area contributed by atoms with Gasteiger partial charge in [0.25, 0.3) is 5.91 Å². The molecule has 146 valence electrons. The van der Waals surface area contributed by atoms with Crippen molar-refractivity contribution in [3.63, 3.8) is 0 Å². The first kappa shape index (κ1) is 18.8. The van der Waals surface area contributed by atoms with Crippen molar-refractivity contribution in [2.24, 2.45) is 0 Å². The van der Waals surface area contributed by atoms with Crippen LogP contribution >= 0.6 is 11.6 Å². The molecule has 0 aliphatic carbocycles. The predicted molar refractivity (Wildman–Crippen MR) is 111 cm³/mol. The second-order valence-corrected chi connectivity index (χ2v) is 7.83. The van der Waals surface area contributed by atoms with E-state index in [0.717, 1.165) is 47.0 Å². The second kappa shape index (κ2) is 7.84. The van der Waals surface area contributed by atoms with Gasteiger partial charge in [0.1, 0.15) is 0 Å². The Labute approximate surface area is 169 Å². The van der Waals surface area contributed by atoms with Crippen LogP contribution in [-0.4, -0.2) is 36.6 Å². The number of amides is 1. The molecule has 28 heavy (non-hydrogen) atoms. The molecule has 4 rings (SSSR count). The molecule has 2 aromatic rings. The molecular weight excluding hydrogens is 376 g/mol. The van der Waals surface area contributed by atoms with Gasteiger partial charge in [0.05, 0.1) is 5.69 Å². The fraction of sp³-hybridized carbons (Fsp3) is 0.364. The van der Waals surface area contributed by atoms with Gasteiger partial charge in [-0.15, -0.1) is 0 Å². The summed E-state index contributed by atoms with van der Waals surface area (Å²) in [6, 6.07) is 11.4. The van der Waals surface area contributed by atoms with E-state index in [9.17, 15) is 9.59 Å². The summed E-state index contributed by atoms with van der Waals surface area (Å²) in [7, 11) is 0. The van der Waals surface area contributed by atoms with Gasteiger partial charge in [-0.25, -0.2) is 0 Å². The number of benzene rings is 2. The summed E-state index contributed by atoms with van der Waals surface area (Å²) in [5, 5.41) is 9.61. The monoisotopic (exact) mass is 398 g/mol. The van der Waals surface area contributed by atoms with Gasteiger partial charge in [-0.05, 0) is 61.1 Å². The van der Waals surface area contributed by atoms with E-state index in [-0.39, 0.29) is 12.3 Å². The molecule has 6 heteroatoms. The number of halogens is 1. The molecule has 0 spiro atoms. The first-order chi connectivity index (χ1) is 13.5.